The summed E-state index contributed by atoms with van der Waals surface area (Å²) in [5.41, 5.74) is 6.19. The number of hydrogen-bond donors (Lipinski definition) is 0. The second kappa shape index (κ2) is 6.83. The Bertz CT molecular complexity index is 328. The van der Waals surface area contributed by atoms with E-state index in [9.17, 15) is 0 Å². The minimum atomic E-state index is 0.718. The van der Waals surface area contributed by atoms with Crippen molar-refractivity contribution >= 4 is 0 Å². The summed E-state index contributed by atoms with van der Waals surface area (Å²) in [6.45, 7) is 13.0. The summed E-state index contributed by atoms with van der Waals surface area (Å²) in [5.74, 6) is 0.718. The summed E-state index contributed by atoms with van der Waals surface area (Å²) in [6, 6.07) is 0. The molecule has 0 saturated heterocycles. The highest BCUT2D eigenvalue weighted by Crippen LogP contribution is 2.31. The van der Waals surface area contributed by atoms with E-state index in [0.717, 1.165) is 12.3 Å². The van der Waals surface area contributed by atoms with Crippen molar-refractivity contribution in [3.63, 3.8) is 0 Å². The first-order valence-electron chi connectivity index (χ1n) is 6.99. The van der Waals surface area contributed by atoms with Crippen LogP contribution in [0.5, 0.6) is 0 Å². The molecule has 96 valence electrons. The predicted molar refractivity (Wildman–Crippen MR) is 78.1 cm³/mol. The zero-order valence-electron chi connectivity index (χ0n) is 12.1. The maximum Gasteiger partial charge on any atom is -0.0142 e. The van der Waals surface area contributed by atoms with Crippen LogP contribution in [0.25, 0.3) is 0 Å². The average molecular weight is 232 g/mol. The van der Waals surface area contributed by atoms with Crippen molar-refractivity contribution in [1.82, 2.24) is 0 Å². The summed E-state index contributed by atoms with van der Waals surface area (Å²) in [6.07, 6.45) is 10.1. The lowest BCUT2D eigenvalue weighted by molar-refractivity contribution is 0.602. The van der Waals surface area contributed by atoms with Gasteiger partial charge in [0, 0.05) is 0 Å². The van der Waals surface area contributed by atoms with Gasteiger partial charge in [0.1, 0.15) is 0 Å². The smallest absolute Gasteiger partial charge is 0.0142 e. The molecule has 17 heavy (non-hydrogen) atoms. The van der Waals surface area contributed by atoms with Gasteiger partial charge in [-0.2, -0.15) is 0 Å². The zero-order valence-corrected chi connectivity index (χ0v) is 12.1. The Morgan fingerprint density at radius 1 is 1.35 bits per heavy atom. The molecule has 1 aliphatic carbocycles. The van der Waals surface area contributed by atoms with Crippen LogP contribution in [0.4, 0.5) is 0 Å². The first-order chi connectivity index (χ1) is 8.00. The fourth-order valence-electron chi connectivity index (χ4n) is 2.45. The molecule has 0 spiro atoms. The van der Waals surface area contributed by atoms with Gasteiger partial charge in [-0.25, -0.2) is 0 Å². The Morgan fingerprint density at radius 3 is 2.59 bits per heavy atom. The van der Waals surface area contributed by atoms with E-state index < -0.39 is 0 Å². The van der Waals surface area contributed by atoms with Crippen LogP contribution >= 0.6 is 0 Å². The SMILES string of the molecule is C=C(C)C/C=C(/C)[C@H](C)CCC1=C(C)CCC1. The van der Waals surface area contributed by atoms with Crippen LogP contribution in [0.15, 0.2) is 34.9 Å². The van der Waals surface area contributed by atoms with Crippen LogP contribution in [0.2, 0.25) is 0 Å². The van der Waals surface area contributed by atoms with Crippen molar-refractivity contribution in [2.75, 3.05) is 0 Å². The van der Waals surface area contributed by atoms with Crippen LogP contribution in [0.3, 0.4) is 0 Å². The quantitative estimate of drug-likeness (QED) is 0.506. The monoisotopic (exact) mass is 232 g/mol. The van der Waals surface area contributed by atoms with Crippen LogP contribution in [-0.4, -0.2) is 0 Å². The van der Waals surface area contributed by atoms with Crippen molar-refractivity contribution in [3.05, 3.63) is 34.9 Å². The molecule has 0 heterocycles. The van der Waals surface area contributed by atoms with Gasteiger partial charge in [0.2, 0.25) is 0 Å². The fourth-order valence-corrected chi connectivity index (χ4v) is 2.45. The zero-order chi connectivity index (χ0) is 12.8. The Labute approximate surface area is 108 Å². The number of hydrogen-bond acceptors (Lipinski definition) is 0. The predicted octanol–water partition coefficient (Wildman–Crippen LogP) is 5.82. The summed E-state index contributed by atoms with van der Waals surface area (Å²) in [7, 11) is 0. The third kappa shape index (κ3) is 4.93. The van der Waals surface area contributed by atoms with Crippen molar-refractivity contribution in [2.45, 2.75) is 66.2 Å². The van der Waals surface area contributed by atoms with Gasteiger partial charge in [0.25, 0.3) is 0 Å². The summed E-state index contributed by atoms with van der Waals surface area (Å²) in [5, 5.41) is 0. The van der Waals surface area contributed by atoms with E-state index in [0.29, 0.717) is 0 Å². The van der Waals surface area contributed by atoms with Crippen molar-refractivity contribution in [3.8, 4) is 0 Å². The van der Waals surface area contributed by atoms with Crippen LogP contribution < -0.4 is 0 Å². The van der Waals surface area contributed by atoms with E-state index in [1.807, 2.05) is 0 Å². The molecule has 0 aliphatic heterocycles. The molecule has 0 aromatic heterocycles. The lowest BCUT2D eigenvalue weighted by Crippen LogP contribution is -1.98. The lowest BCUT2D eigenvalue weighted by Gasteiger charge is -2.13. The Balaban J connectivity index is 2.38. The van der Waals surface area contributed by atoms with Gasteiger partial charge in [-0.15, -0.1) is 0 Å². The van der Waals surface area contributed by atoms with Crippen LogP contribution in [0.1, 0.15) is 66.2 Å². The third-order valence-corrected chi connectivity index (χ3v) is 4.06. The maximum absolute atomic E-state index is 3.95. The standard InChI is InChI=1S/C17H28/c1-13(2)9-10-14(3)15(4)11-12-17-8-6-7-16(17)5/h10,15H,1,6-9,11-12H2,2-5H3/b14-10-/t15-/m1/s1. The molecule has 0 fully saturated rings. The van der Waals surface area contributed by atoms with E-state index in [1.54, 1.807) is 11.1 Å². The molecule has 0 N–H and O–H groups in total. The third-order valence-electron chi connectivity index (χ3n) is 4.06. The Morgan fingerprint density at radius 2 is 2.06 bits per heavy atom. The van der Waals surface area contributed by atoms with Gasteiger partial charge in [0.05, 0.1) is 0 Å². The van der Waals surface area contributed by atoms with E-state index in [4.69, 9.17) is 0 Å². The van der Waals surface area contributed by atoms with Crippen molar-refractivity contribution < 1.29 is 0 Å². The topological polar surface area (TPSA) is 0 Å². The highest BCUT2D eigenvalue weighted by atomic mass is 14.2. The molecule has 0 unspecified atom stereocenters. The number of rotatable bonds is 6. The second-order valence-corrected chi connectivity index (χ2v) is 5.79. The highest BCUT2D eigenvalue weighted by Gasteiger charge is 2.12. The van der Waals surface area contributed by atoms with Gasteiger partial charge in [-0.05, 0) is 65.2 Å². The Kier molecular flexibility index (Phi) is 5.74. The van der Waals surface area contributed by atoms with Gasteiger partial charge >= 0.3 is 0 Å². The molecule has 0 heteroatoms. The summed E-state index contributed by atoms with van der Waals surface area (Å²) >= 11 is 0. The normalized spacial score (nSPS) is 18.7. The minimum absolute atomic E-state index is 0.718. The maximum atomic E-state index is 3.95. The highest BCUT2D eigenvalue weighted by molar-refractivity contribution is 5.18. The molecule has 0 bridgehead atoms. The molecular weight excluding hydrogens is 204 g/mol. The summed E-state index contributed by atoms with van der Waals surface area (Å²) < 4.78 is 0. The summed E-state index contributed by atoms with van der Waals surface area (Å²) in [4.78, 5) is 0. The van der Waals surface area contributed by atoms with E-state index in [-0.39, 0.29) is 0 Å². The molecule has 1 aliphatic rings. The van der Waals surface area contributed by atoms with E-state index in [1.165, 1.54) is 43.3 Å². The first kappa shape index (κ1) is 14.3. The lowest BCUT2D eigenvalue weighted by atomic mass is 9.93. The van der Waals surface area contributed by atoms with Gasteiger partial charge < -0.3 is 0 Å². The Hall–Kier alpha value is -0.780. The van der Waals surface area contributed by atoms with Gasteiger partial charge in [-0.3, -0.25) is 0 Å². The first-order valence-corrected chi connectivity index (χ1v) is 6.99. The molecule has 0 nitrogen and oxygen atoms in total. The molecular formula is C17H28. The number of allylic oxidation sites excluding steroid dienone is 5. The molecule has 1 atom stereocenters. The van der Waals surface area contributed by atoms with E-state index >= 15 is 0 Å². The van der Waals surface area contributed by atoms with Crippen molar-refractivity contribution in [2.24, 2.45) is 5.92 Å². The second-order valence-electron chi connectivity index (χ2n) is 5.79. The fraction of sp³-hybridized carbons (Fsp3) is 0.647. The molecule has 0 aromatic carbocycles. The molecule has 1 rings (SSSR count). The van der Waals surface area contributed by atoms with Crippen molar-refractivity contribution in [1.29, 1.82) is 0 Å². The van der Waals surface area contributed by atoms with E-state index in [2.05, 4.69) is 40.3 Å². The molecule has 0 amide bonds. The molecule has 0 aromatic rings. The van der Waals surface area contributed by atoms with Gasteiger partial charge in [-0.1, -0.05) is 41.9 Å². The largest absolute Gasteiger partial charge is 0.0998 e. The molecule has 0 radical (unpaired) electrons. The minimum Gasteiger partial charge on any atom is -0.0998 e. The molecule has 0 saturated carbocycles. The average Bonchev–Trinajstić information content (AvgIpc) is 2.68. The van der Waals surface area contributed by atoms with Crippen LogP contribution in [0, 0.1) is 5.92 Å². The van der Waals surface area contributed by atoms with Gasteiger partial charge in [0.15, 0.2) is 0 Å². The van der Waals surface area contributed by atoms with Crippen LogP contribution in [-0.2, 0) is 0 Å².